The van der Waals surface area contributed by atoms with Gasteiger partial charge in [0.2, 0.25) is 0 Å². The first-order chi connectivity index (χ1) is 4.04. The molecule has 1 heterocycles. The summed E-state index contributed by atoms with van der Waals surface area (Å²) in [5.74, 6) is 5.31. The predicted octanol–water partition coefficient (Wildman–Crippen LogP) is 0.0909. The van der Waals surface area contributed by atoms with Crippen LogP contribution in [0.1, 0.15) is 13.8 Å². The number of carbonyl (C=O) groups is 1. The van der Waals surface area contributed by atoms with Gasteiger partial charge < -0.3 is 4.74 Å². The normalized spacial score (nSPS) is 24.3. The van der Waals surface area contributed by atoms with E-state index in [2.05, 4.69) is 4.74 Å². The fourth-order valence-electron chi connectivity index (χ4n) is 0.625. The quantitative estimate of drug-likeness (QED) is 0.373. The molecule has 0 spiro atoms. The minimum Gasteiger partial charge on any atom is -0.446 e. The molecular weight excluding hydrogens is 120 g/mol. The lowest BCUT2D eigenvalue weighted by Gasteiger charge is -2.21. The van der Waals surface area contributed by atoms with E-state index in [-0.39, 0.29) is 5.54 Å². The molecule has 0 aliphatic carbocycles. The highest BCUT2D eigenvalue weighted by molar-refractivity contribution is 5.69. The number of nitrogens with two attached hydrogens (primary N) is 1. The molecule has 0 unspecified atom stereocenters. The minimum atomic E-state index is -0.444. The lowest BCUT2D eigenvalue weighted by Crippen LogP contribution is -2.46. The van der Waals surface area contributed by atoms with Crippen LogP contribution in [0, 0.1) is 0 Å². The summed E-state index contributed by atoms with van der Waals surface area (Å²) in [5, 5.41) is 1.10. The topological polar surface area (TPSA) is 55.6 Å². The fraction of sp³-hybridized carbons (Fsp3) is 0.800. The maximum absolute atomic E-state index is 10.6. The van der Waals surface area contributed by atoms with Crippen LogP contribution in [-0.4, -0.2) is 23.2 Å². The molecule has 1 saturated heterocycles. The van der Waals surface area contributed by atoms with Crippen molar-refractivity contribution in [3.05, 3.63) is 0 Å². The fourth-order valence-corrected chi connectivity index (χ4v) is 0.625. The Morgan fingerprint density at radius 2 is 2.33 bits per heavy atom. The Kier molecular flexibility index (Phi) is 1.13. The zero-order valence-corrected chi connectivity index (χ0v) is 5.55. The van der Waals surface area contributed by atoms with Crippen molar-refractivity contribution >= 4 is 6.09 Å². The van der Waals surface area contributed by atoms with Gasteiger partial charge in [-0.2, -0.15) is 0 Å². The standard InChI is InChI=1S/C5H10N2O2/c1-5(2)3-9-4(8)7(5)6/h3,6H2,1-2H3. The van der Waals surface area contributed by atoms with Gasteiger partial charge in [0.15, 0.2) is 0 Å². The first-order valence-corrected chi connectivity index (χ1v) is 2.76. The van der Waals surface area contributed by atoms with E-state index in [1.807, 2.05) is 13.8 Å². The van der Waals surface area contributed by atoms with Crippen LogP contribution in [0.15, 0.2) is 0 Å². The molecular formula is C5H10N2O2. The molecule has 0 aromatic carbocycles. The van der Waals surface area contributed by atoms with Crippen molar-refractivity contribution in [2.75, 3.05) is 6.61 Å². The number of cyclic esters (lactones) is 1. The third-order valence-electron chi connectivity index (χ3n) is 1.40. The van der Waals surface area contributed by atoms with Crippen LogP contribution in [0.3, 0.4) is 0 Å². The molecule has 1 rings (SSSR count). The summed E-state index contributed by atoms with van der Waals surface area (Å²) < 4.78 is 4.64. The van der Waals surface area contributed by atoms with E-state index < -0.39 is 6.09 Å². The smallest absolute Gasteiger partial charge is 0.424 e. The van der Waals surface area contributed by atoms with E-state index in [0.29, 0.717) is 6.61 Å². The van der Waals surface area contributed by atoms with Crippen LogP contribution < -0.4 is 5.84 Å². The molecule has 1 fully saturated rings. The SMILES string of the molecule is CC1(C)COC(=O)N1N. The first kappa shape index (κ1) is 6.35. The molecule has 52 valence electrons. The molecule has 1 aliphatic rings. The average Bonchev–Trinajstić information content (AvgIpc) is 1.97. The Bertz CT molecular complexity index is 144. The minimum absolute atomic E-state index is 0.336. The Hall–Kier alpha value is -0.770. The summed E-state index contributed by atoms with van der Waals surface area (Å²) >= 11 is 0. The van der Waals surface area contributed by atoms with Crippen molar-refractivity contribution < 1.29 is 9.53 Å². The lowest BCUT2D eigenvalue weighted by atomic mass is 10.1. The van der Waals surface area contributed by atoms with E-state index in [1.165, 1.54) is 0 Å². The summed E-state index contributed by atoms with van der Waals surface area (Å²) in [7, 11) is 0. The first-order valence-electron chi connectivity index (χ1n) is 2.76. The number of carbonyl (C=O) groups excluding carboxylic acids is 1. The Balaban J connectivity index is 2.73. The van der Waals surface area contributed by atoms with Crippen LogP contribution in [-0.2, 0) is 4.74 Å². The van der Waals surface area contributed by atoms with Gasteiger partial charge in [-0.3, -0.25) is 0 Å². The number of hydrogen-bond donors (Lipinski definition) is 1. The van der Waals surface area contributed by atoms with Gasteiger partial charge in [-0.05, 0) is 13.8 Å². The second-order valence-corrected chi connectivity index (χ2v) is 2.74. The maximum atomic E-state index is 10.6. The van der Waals surface area contributed by atoms with Gasteiger partial charge >= 0.3 is 6.09 Å². The van der Waals surface area contributed by atoms with E-state index in [0.717, 1.165) is 5.01 Å². The summed E-state index contributed by atoms with van der Waals surface area (Å²) in [6.07, 6.45) is -0.444. The second-order valence-electron chi connectivity index (χ2n) is 2.74. The predicted molar refractivity (Wildman–Crippen MR) is 31.5 cm³/mol. The summed E-state index contributed by atoms with van der Waals surface area (Å²) in [5.41, 5.74) is -0.336. The van der Waals surface area contributed by atoms with Crippen molar-refractivity contribution in [3.63, 3.8) is 0 Å². The molecule has 0 aromatic heterocycles. The third kappa shape index (κ3) is 0.853. The van der Waals surface area contributed by atoms with Crippen molar-refractivity contribution in [1.82, 2.24) is 5.01 Å². The number of hydrazine groups is 1. The number of hydrogen-bond acceptors (Lipinski definition) is 3. The molecule has 1 aliphatic heterocycles. The Morgan fingerprint density at radius 1 is 1.78 bits per heavy atom. The van der Waals surface area contributed by atoms with Crippen molar-refractivity contribution in [1.29, 1.82) is 0 Å². The molecule has 0 aromatic rings. The molecule has 0 atom stereocenters. The molecule has 4 nitrogen and oxygen atoms in total. The maximum Gasteiger partial charge on any atom is 0.424 e. The van der Waals surface area contributed by atoms with Gasteiger partial charge in [0.05, 0.1) is 5.54 Å². The summed E-state index contributed by atoms with van der Waals surface area (Å²) in [6.45, 7) is 4.07. The van der Waals surface area contributed by atoms with E-state index in [9.17, 15) is 4.79 Å². The van der Waals surface area contributed by atoms with E-state index in [1.54, 1.807) is 0 Å². The van der Waals surface area contributed by atoms with Gasteiger partial charge in [0.25, 0.3) is 0 Å². The highest BCUT2D eigenvalue weighted by Gasteiger charge is 2.37. The van der Waals surface area contributed by atoms with E-state index >= 15 is 0 Å². The number of ether oxygens (including phenoxy) is 1. The van der Waals surface area contributed by atoms with Crippen LogP contribution in [0.2, 0.25) is 0 Å². The lowest BCUT2D eigenvalue weighted by molar-refractivity contribution is 0.156. The molecule has 0 radical (unpaired) electrons. The van der Waals surface area contributed by atoms with Gasteiger partial charge in [-0.1, -0.05) is 0 Å². The number of rotatable bonds is 0. The van der Waals surface area contributed by atoms with Crippen LogP contribution in [0.4, 0.5) is 4.79 Å². The molecule has 4 heteroatoms. The van der Waals surface area contributed by atoms with Crippen LogP contribution in [0.5, 0.6) is 0 Å². The van der Waals surface area contributed by atoms with Gasteiger partial charge in [0, 0.05) is 0 Å². The second kappa shape index (κ2) is 1.60. The molecule has 0 bridgehead atoms. The molecule has 1 amide bonds. The summed E-state index contributed by atoms with van der Waals surface area (Å²) in [6, 6.07) is 0. The zero-order chi connectivity index (χ0) is 7.07. The average molecular weight is 130 g/mol. The van der Waals surface area contributed by atoms with E-state index in [4.69, 9.17) is 5.84 Å². The highest BCUT2D eigenvalue weighted by atomic mass is 16.6. The number of amides is 1. The highest BCUT2D eigenvalue weighted by Crippen LogP contribution is 2.18. The molecule has 0 saturated carbocycles. The number of nitrogens with zero attached hydrogens (tertiary/aromatic N) is 1. The zero-order valence-electron chi connectivity index (χ0n) is 5.55. The Morgan fingerprint density at radius 3 is 2.44 bits per heavy atom. The molecule has 2 N–H and O–H groups in total. The van der Waals surface area contributed by atoms with Crippen molar-refractivity contribution in [2.45, 2.75) is 19.4 Å². The van der Waals surface area contributed by atoms with Crippen molar-refractivity contribution in [2.24, 2.45) is 5.84 Å². The van der Waals surface area contributed by atoms with Crippen molar-refractivity contribution in [3.8, 4) is 0 Å². The monoisotopic (exact) mass is 130 g/mol. The van der Waals surface area contributed by atoms with Gasteiger partial charge in [-0.15, -0.1) is 0 Å². The van der Waals surface area contributed by atoms with Crippen LogP contribution in [0.25, 0.3) is 0 Å². The third-order valence-corrected chi connectivity index (χ3v) is 1.40. The summed E-state index contributed by atoms with van der Waals surface area (Å²) in [4.78, 5) is 10.6. The van der Waals surface area contributed by atoms with Gasteiger partial charge in [-0.25, -0.2) is 15.6 Å². The Labute approximate surface area is 53.5 Å². The van der Waals surface area contributed by atoms with Gasteiger partial charge in [0.1, 0.15) is 6.61 Å². The van der Waals surface area contributed by atoms with Crippen LogP contribution >= 0.6 is 0 Å². The molecule has 9 heavy (non-hydrogen) atoms. The largest absolute Gasteiger partial charge is 0.446 e.